The highest BCUT2D eigenvalue weighted by Crippen LogP contribution is 2.29. The van der Waals surface area contributed by atoms with E-state index in [2.05, 4.69) is 48.8 Å². The Bertz CT molecular complexity index is 514. The van der Waals surface area contributed by atoms with Gasteiger partial charge in [0, 0.05) is 11.4 Å². The van der Waals surface area contributed by atoms with E-state index < -0.39 is 0 Å². The summed E-state index contributed by atoms with van der Waals surface area (Å²) in [6.07, 6.45) is 2.24. The summed E-state index contributed by atoms with van der Waals surface area (Å²) >= 11 is 1.84. The second-order valence-corrected chi connectivity index (χ2v) is 5.45. The molecule has 0 bridgehead atoms. The maximum absolute atomic E-state index is 3.20. The smallest absolute Gasteiger partial charge is 0.0346 e. The maximum Gasteiger partial charge on any atom is 0.0346 e. The molecule has 2 rings (SSSR count). The summed E-state index contributed by atoms with van der Waals surface area (Å²) in [6.45, 7) is 5.41. The minimum Gasteiger partial charge on any atom is -0.316 e. The Morgan fingerprint density at radius 1 is 1.06 bits per heavy atom. The molecule has 1 N–H and O–H groups in total. The molecule has 0 aliphatic carbocycles. The van der Waals surface area contributed by atoms with E-state index in [1.807, 2.05) is 18.4 Å². The molecule has 1 aromatic heterocycles. The van der Waals surface area contributed by atoms with Gasteiger partial charge in [0.2, 0.25) is 0 Å². The lowest BCUT2D eigenvalue weighted by Crippen LogP contribution is -2.03. The molecule has 0 atom stereocenters. The third-order valence-electron chi connectivity index (χ3n) is 3.29. The number of aryl methyl sites for hydroxylation is 2. The van der Waals surface area contributed by atoms with Crippen molar-refractivity contribution >= 4 is 11.3 Å². The molecular weight excluding hydrogens is 238 g/mol. The van der Waals surface area contributed by atoms with E-state index in [4.69, 9.17) is 0 Å². The SMILES string of the molecule is CCc1ccc(-c2cc(CNC)cs2)cc1CC. The van der Waals surface area contributed by atoms with Gasteiger partial charge in [-0.3, -0.25) is 0 Å². The summed E-state index contributed by atoms with van der Waals surface area (Å²) in [6, 6.07) is 9.19. The number of benzene rings is 1. The van der Waals surface area contributed by atoms with E-state index in [1.54, 1.807) is 0 Å². The molecule has 1 nitrogen and oxygen atoms in total. The molecular formula is C16H21NS. The van der Waals surface area contributed by atoms with Crippen LogP contribution in [0.25, 0.3) is 10.4 Å². The van der Waals surface area contributed by atoms with Crippen LogP contribution in [0.5, 0.6) is 0 Å². The summed E-state index contributed by atoms with van der Waals surface area (Å²) in [5.74, 6) is 0. The molecule has 1 aromatic carbocycles. The Hall–Kier alpha value is -1.12. The lowest BCUT2D eigenvalue weighted by Gasteiger charge is -2.07. The molecule has 0 spiro atoms. The van der Waals surface area contributed by atoms with E-state index >= 15 is 0 Å². The second-order valence-electron chi connectivity index (χ2n) is 4.54. The van der Waals surface area contributed by atoms with Crippen molar-refractivity contribution in [2.75, 3.05) is 7.05 Å². The van der Waals surface area contributed by atoms with Gasteiger partial charge in [0.25, 0.3) is 0 Å². The predicted molar refractivity (Wildman–Crippen MR) is 81.3 cm³/mol. The highest BCUT2D eigenvalue weighted by molar-refractivity contribution is 7.13. The molecule has 0 saturated carbocycles. The van der Waals surface area contributed by atoms with Crippen LogP contribution in [0.15, 0.2) is 29.6 Å². The van der Waals surface area contributed by atoms with Crippen molar-refractivity contribution in [1.29, 1.82) is 0 Å². The first-order valence-corrected chi connectivity index (χ1v) is 7.50. The first-order valence-electron chi connectivity index (χ1n) is 6.62. The van der Waals surface area contributed by atoms with Gasteiger partial charge in [0.15, 0.2) is 0 Å². The Morgan fingerprint density at radius 2 is 1.83 bits per heavy atom. The fourth-order valence-corrected chi connectivity index (χ4v) is 3.19. The Balaban J connectivity index is 2.31. The summed E-state index contributed by atoms with van der Waals surface area (Å²) in [7, 11) is 1.99. The highest BCUT2D eigenvalue weighted by Gasteiger charge is 2.05. The average molecular weight is 259 g/mol. The Kier molecular flexibility index (Phi) is 4.56. The maximum atomic E-state index is 3.20. The standard InChI is InChI=1S/C16H21NS/c1-4-13-6-7-15(9-14(13)5-2)16-8-12(10-17-3)11-18-16/h6-9,11,17H,4-5,10H2,1-3H3. The van der Waals surface area contributed by atoms with Crippen molar-refractivity contribution < 1.29 is 0 Å². The van der Waals surface area contributed by atoms with Crippen molar-refractivity contribution in [2.24, 2.45) is 0 Å². The Labute approximate surface area is 114 Å². The van der Waals surface area contributed by atoms with Crippen LogP contribution in [0.3, 0.4) is 0 Å². The molecule has 1 heterocycles. The molecule has 0 amide bonds. The predicted octanol–water partition coefficient (Wildman–Crippen LogP) is 4.26. The van der Waals surface area contributed by atoms with E-state index in [0.717, 1.165) is 19.4 Å². The molecule has 0 unspecified atom stereocenters. The third-order valence-corrected chi connectivity index (χ3v) is 4.32. The fraction of sp³-hybridized carbons (Fsp3) is 0.375. The lowest BCUT2D eigenvalue weighted by molar-refractivity contribution is 0.821. The minimum atomic E-state index is 0.949. The van der Waals surface area contributed by atoms with Gasteiger partial charge in [0.05, 0.1) is 0 Å². The number of thiophene rings is 1. The van der Waals surface area contributed by atoms with Crippen LogP contribution in [-0.4, -0.2) is 7.05 Å². The van der Waals surface area contributed by atoms with Crippen molar-refractivity contribution in [3.8, 4) is 10.4 Å². The van der Waals surface area contributed by atoms with Crippen LogP contribution in [-0.2, 0) is 19.4 Å². The number of rotatable bonds is 5. The van der Waals surface area contributed by atoms with E-state index in [0.29, 0.717) is 0 Å². The van der Waals surface area contributed by atoms with Gasteiger partial charge in [-0.05, 0) is 53.6 Å². The van der Waals surface area contributed by atoms with Crippen LogP contribution >= 0.6 is 11.3 Å². The van der Waals surface area contributed by atoms with Gasteiger partial charge >= 0.3 is 0 Å². The summed E-state index contributed by atoms with van der Waals surface area (Å²) in [4.78, 5) is 1.37. The zero-order chi connectivity index (χ0) is 13.0. The number of hydrogen-bond acceptors (Lipinski definition) is 2. The van der Waals surface area contributed by atoms with Crippen molar-refractivity contribution in [3.05, 3.63) is 46.3 Å². The van der Waals surface area contributed by atoms with Crippen LogP contribution in [0, 0.1) is 0 Å². The van der Waals surface area contributed by atoms with E-state index in [-0.39, 0.29) is 0 Å². The van der Waals surface area contributed by atoms with Crippen LogP contribution in [0.1, 0.15) is 30.5 Å². The molecule has 96 valence electrons. The average Bonchev–Trinajstić information content (AvgIpc) is 2.87. The van der Waals surface area contributed by atoms with Gasteiger partial charge in [0.1, 0.15) is 0 Å². The van der Waals surface area contributed by atoms with Crippen LogP contribution in [0.4, 0.5) is 0 Å². The second kappa shape index (κ2) is 6.17. The zero-order valence-corrected chi connectivity index (χ0v) is 12.2. The molecule has 0 saturated heterocycles. The molecule has 0 aliphatic heterocycles. The van der Waals surface area contributed by atoms with Crippen molar-refractivity contribution in [2.45, 2.75) is 33.2 Å². The van der Waals surface area contributed by atoms with Gasteiger partial charge in [-0.15, -0.1) is 11.3 Å². The molecule has 0 aliphatic rings. The summed E-state index contributed by atoms with van der Waals surface area (Å²) in [5.41, 5.74) is 5.69. The molecule has 0 fully saturated rings. The summed E-state index contributed by atoms with van der Waals surface area (Å²) < 4.78 is 0. The molecule has 2 aromatic rings. The van der Waals surface area contributed by atoms with Gasteiger partial charge < -0.3 is 5.32 Å². The number of nitrogens with one attached hydrogen (secondary N) is 1. The van der Waals surface area contributed by atoms with E-state index in [9.17, 15) is 0 Å². The summed E-state index contributed by atoms with van der Waals surface area (Å²) in [5, 5.41) is 5.44. The Morgan fingerprint density at radius 3 is 2.50 bits per heavy atom. The first kappa shape index (κ1) is 13.3. The third kappa shape index (κ3) is 2.82. The molecule has 0 radical (unpaired) electrons. The van der Waals surface area contributed by atoms with E-state index in [1.165, 1.54) is 27.1 Å². The minimum absolute atomic E-state index is 0.949. The zero-order valence-electron chi connectivity index (χ0n) is 11.4. The van der Waals surface area contributed by atoms with Gasteiger partial charge in [-0.1, -0.05) is 32.0 Å². The van der Waals surface area contributed by atoms with Crippen LogP contribution in [0.2, 0.25) is 0 Å². The lowest BCUT2D eigenvalue weighted by atomic mass is 9.99. The van der Waals surface area contributed by atoms with Gasteiger partial charge in [-0.2, -0.15) is 0 Å². The molecule has 18 heavy (non-hydrogen) atoms. The highest BCUT2D eigenvalue weighted by atomic mass is 32.1. The number of hydrogen-bond donors (Lipinski definition) is 1. The normalized spacial score (nSPS) is 10.8. The van der Waals surface area contributed by atoms with Crippen molar-refractivity contribution in [1.82, 2.24) is 5.32 Å². The van der Waals surface area contributed by atoms with Gasteiger partial charge in [-0.25, -0.2) is 0 Å². The first-order chi connectivity index (χ1) is 8.78. The van der Waals surface area contributed by atoms with Crippen LogP contribution < -0.4 is 5.32 Å². The topological polar surface area (TPSA) is 12.0 Å². The monoisotopic (exact) mass is 259 g/mol. The quantitative estimate of drug-likeness (QED) is 0.846. The molecule has 2 heteroatoms. The van der Waals surface area contributed by atoms with Crippen molar-refractivity contribution in [3.63, 3.8) is 0 Å². The fourth-order valence-electron chi connectivity index (χ4n) is 2.28. The largest absolute Gasteiger partial charge is 0.316 e.